The molecule has 0 aromatic heterocycles. The first-order valence-corrected chi connectivity index (χ1v) is 10.3. The molecule has 0 aromatic rings. The zero-order valence-electron chi connectivity index (χ0n) is 14.2. The van der Waals surface area contributed by atoms with Gasteiger partial charge in [0.05, 0.1) is 26.1 Å². The van der Waals surface area contributed by atoms with E-state index < -0.39 is 20.2 Å². The number of hydrogen-bond donors (Lipinski definition) is 0. The number of carbonyl (C=O) groups excluding carboxylic acids is 2. The summed E-state index contributed by atoms with van der Waals surface area (Å²) < 4.78 is 16.0. The van der Waals surface area contributed by atoms with Crippen molar-refractivity contribution in [1.29, 1.82) is 0 Å². The van der Waals surface area contributed by atoms with Gasteiger partial charge in [-0.25, -0.2) is 0 Å². The normalized spacial score (nSPS) is 24.0. The molecule has 1 saturated carbocycles. The quantitative estimate of drug-likeness (QED) is 0.589. The minimum absolute atomic E-state index is 0.0842. The van der Waals surface area contributed by atoms with Crippen LogP contribution in [0.25, 0.3) is 0 Å². The SMILES string of the molecule is COC(=O)[C@H]1CC(O[Si](C)(C)C(C)(C)C)C[C@@H]1C(=O)OC. The molecule has 0 N–H and O–H groups in total. The van der Waals surface area contributed by atoms with Crippen molar-refractivity contribution >= 4 is 20.3 Å². The molecule has 2 atom stereocenters. The molecule has 1 aliphatic carbocycles. The summed E-state index contributed by atoms with van der Waals surface area (Å²) in [5, 5.41) is 0.0944. The highest BCUT2D eigenvalue weighted by atomic mass is 28.4. The van der Waals surface area contributed by atoms with Crippen molar-refractivity contribution in [3.05, 3.63) is 0 Å². The summed E-state index contributed by atoms with van der Waals surface area (Å²) in [5.41, 5.74) is 0. The number of carbonyl (C=O) groups is 2. The molecule has 0 aromatic carbocycles. The fourth-order valence-electron chi connectivity index (χ4n) is 2.50. The molecule has 0 amide bonds. The Labute approximate surface area is 128 Å². The van der Waals surface area contributed by atoms with E-state index in [0.29, 0.717) is 12.8 Å². The van der Waals surface area contributed by atoms with E-state index in [1.165, 1.54) is 14.2 Å². The molecule has 1 rings (SSSR count). The Morgan fingerprint density at radius 3 is 1.62 bits per heavy atom. The molecule has 1 aliphatic rings. The zero-order valence-corrected chi connectivity index (χ0v) is 15.2. The van der Waals surface area contributed by atoms with Crippen LogP contribution >= 0.6 is 0 Å². The summed E-state index contributed by atoms with van der Waals surface area (Å²) in [6, 6.07) is 0. The van der Waals surface area contributed by atoms with E-state index in [2.05, 4.69) is 33.9 Å². The highest BCUT2D eigenvalue weighted by molar-refractivity contribution is 6.74. The van der Waals surface area contributed by atoms with E-state index in [1.807, 2.05) is 0 Å². The average Bonchev–Trinajstić information content (AvgIpc) is 2.78. The second-order valence-corrected chi connectivity index (χ2v) is 12.0. The van der Waals surface area contributed by atoms with Gasteiger partial charge in [0, 0.05) is 6.10 Å². The monoisotopic (exact) mass is 316 g/mol. The van der Waals surface area contributed by atoms with Crippen molar-refractivity contribution in [3.63, 3.8) is 0 Å². The fourth-order valence-corrected chi connectivity index (χ4v) is 3.88. The van der Waals surface area contributed by atoms with E-state index >= 15 is 0 Å². The summed E-state index contributed by atoms with van der Waals surface area (Å²) in [4.78, 5) is 23.8. The Morgan fingerprint density at radius 2 is 1.33 bits per heavy atom. The summed E-state index contributed by atoms with van der Waals surface area (Å²) >= 11 is 0. The second-order valence-electron chi connectivity index (χ2n) is 7.23. The molecule has 0 unspecified atom stereocenters. The van der Waals surface area contributed by atoms with Crippen LogP contribution in [-0.4, -0.2) is 40.6 Å². The molecule has 0 aliphatic heterocycles. The van der Waals surface area contributed by atoms with Gasteiger partial charge in [0.25, 0.3) is 0 Å². The maximum Gasteiger partial charge on any atom is 0.309 e. The first-order valence-electron chi connectivity index (χ1n) is 7.37. The van der Waals surface area contributed by atoms with Crippen molar-refractivity contribution in [1.82, 2.24) is 0 Å². The molecule has 6 heteroatoms. The predicted molar refractivity (Wildman–Crippen MR) is 82.3 cm³/mol. The molecule has 0 saturated heterocycles. The van der Waals surface area contributed by atoms with Gasteiger partial charge < -0.3 is 13.9 Å². The van der Waals surface area contributed by atoms with Crippen LogP contribution in [0.1, 0.15) is 33.6 Å². The maximum absolute atomic E-state index is 11.9. The van der Waals surface area contributed by atoms with Gasteiger partial charge in [0.1, 0.15) is 0 Å². The minimum Gasteiger partial charge on any atom is -0.469 e. The van der Waals surface area contributed by atoms with E-state index in [-0.39, 0.29) is 23.1 Å². The topological polar surface area (TPSA) is 61.8 Å². The molecule has 5 nitrogen and oxygen atoms in total. The van der Waals surface area contributed by atoms with Gasteiger partial charge in [0.15, 0.2) is 8.32 Å². The molecule has 21 heavy (non-hydrogen) atoms. The van der Waals surface area contributed by atoms with Crippen LogP contribution in [0, 0.1) is 11.8 Å². The van der Waals surface area contributed by atoms with Gasteiger partial charge in [-0.2, -0.15) is 0 Å². The van der Waals surface area contributed by atoms with Crippen molar-refractivity contribution < 1.29 is 23.5 Å². The van der Waals surface area contributed by atoms with Crippen LogP contribution in [0.15, 0.2) is 0 Å². The van der Waals surface area contributed by atoms with Crippen molar-refractivity contribution in [2.45, 2.75) is 57.8 Å². The molecule has 0 bridgehead atoms. The summed E-state index contributed by atoms with van der Waals surface area (Å²) in [5.74, 6) is -1.63. The molecule has 1 fully saturated rings. The van der Waals surface area contributed by atoms with Crippen LogP contribution in [-0.2, 0) is 23.5 Å². The zero-order chi connectivity index (χ0) is 16.4. The van der Waals surface area contributed by atoms with Crippen molar-refractivity contribution in [2.24, 2.45) is 11.8 Å². The smallest absolute Gasteiger partial charge is 0.309 e. The molecule has 0 radical (unpaired) electrons. The van der Waals surface area contributed by atoms with Crippen molar-refractivity contribution in [3.8, 4) is 0 Å². The highest BCUT2D eigenvalue weighted by Gasteiger charge is 2.48. The Balaban J connectivity index is 2.85. The molecular weight excluding hydrogens is 288 g/mol. The summed E-state index contributed by atoms with van der Waals surface area (Å²) in [7, 11) is 0.769. The van der Waals surface area contributed by atoms with Gasteiger partial charge in [0.2, 0.25) is 0 Å². The minimum atomic E-state index is -1.92. The third-order valence-corrected chi connectivity index (χ3v) is 9.33. The number of esters is 2. The standard InChI is InChI=1S/C15H28O5Si/c1-15(2,3)21(6,7)20-10-8-11(13(16)18-4)12(9-10)14(17)19-5/h10-12H,8-9H2,1-7H3/t11-,12-/m0/s1. The van der Waals surface area contributed by atoms with Crippen LogP contribution in [0.5, 0.6) is 0 Å². The third-order valence-electron chi connectivity index (χ3n) is 4.79. The van der Waals surface area contributed by atoms with Gasteiger partial charge in [-0.1, -0.05) is 20.8 Å². The van der Waals surface area contributed by atoms with Gasteiger partial charge in [-0.15, -0.1) is 0 Å². The first kappa shape index (κ1) is 18.2. The largest absolute Gasteiger partial charge is 0.469 e. The van der Waals surface area contributed by atoms with E-state index in [4.69, 9.17) is 13.9 Å². The highest BCUT2D eigenvalue weighted by Crippen LogP contribution is 2.42. The maximum atomic E-state index is 11.9. The van der Waals surface area contributed by atoms with E-state index in [1.54, 1.807) is 0 Å². The Bertz CT molecular complexity index is 375. The van der Waals surface area contributed by atoms with E-state index in [0.717, 1.165) is 0 Å². The Hall–Kier alpha value is -0.883. The summed E-state index contributed by atoms with van der Waals surface area (Å²) in [6.07, 6.45) is 0.969. The lowest BCUT2D eigenvalue weighted by molar-refractivity contribution is -0.156. The Morgan fingerprint density at radius 1 is 0.952 bits per heavy atom. The Kier molecular flexibility index (Phi) is 5.61. The number of ether oxygens (including phenoxy) is 2. The van der Waals surface area contributed by atoms with Crippen LogP contribution in [0.2, 0.25) is 18.1 Å². The first-order chi connectivity index (χ1) is 9.53. The summed E-state index contributed by atoms with van der Waals surface area (Å²) in [6.45, 7) is 10.9. The lowest BCUT2D eigenvalue weighted by Gasteiger charge is -2.38. The molecule has 0 spiro atoms. The van der Waals surface area contributed by atoms with Crippen LogP contribution in [0.4, 0.5) is 0 Å². The predicted octanol–water partition coefficient (Wildman–Crippen LogP) is 2.75. The molecule has 122 valence electrons. The van der Waals surface area contributed by atoms with Crippen LogP contribution in [0.3, 0.4) is 0 Å². The third kappa shape index (κ3) is 4.07. The van der Waals surface area contributed by atoms with Gasteiger partial charge >= 0.3 is 11.9 Å². The average molecular weight is 316 g/mol. The lowest BCUT2D eigenvalue weighted by atomic mass is 9.96. The molecular formula is C15H28O5Si. The second kappa shape index (κ2) is 6.48. The number of methoxy groups -OCH3 is 2. The number of hydrogen-bond acceptors (Lipinski definition) is 5. The fraction of sp³-hybridized carbons (Fsp3) is 0.867. The molecule has 0 heterocycles. The van der Waals surface area contributed by atoms with Gasteiger partial charge in [-0.3, -0.25) is 9.59 Å². The van der Waals surface area contributed by atoms with Crippen molar-refractivity contribution in [2.75, 3.05) is 14.2 Å². The lowest BCUT2D eigenvalue weighted by Crippen LogP contribution is -2.43. The van der Waals surface area contributed by atoms with Gasteiger partial charge in [-0.05, 0) is 31.0 Å². The van der Waals surface area contributed by atoms with E-state index in [9.17, 15) is 9.59 Å². The number of rotatable bonds is 4. The van der Waals surface area contributed by atoms with Crippen LogP contribution < -0.4 is 0 Å².